The van der Waals surface area contributed by atoms with Crippen molar-refractivity contribution in [2.45, 2.75) is 39.7 Å². The van der Waals surface area contributed by atoms with Crippen molar-refractivity contribution in [1.82, 2.24) is 4.90 Å². The maximum absolute atomic E-state index is 12.4. The molecule has 6 nitrogen and oxygen atoms in total. The van der Waals surface area contributed by atoms with Crippen molar-refractivity contribution in [3.05, 3.63) is 29.3 Å². The van der Waals surface area contributed by atoms with Crippen LogP contribution in [0, 0.1) is 13.8 Å². The van der Waals surface area contributed by atoms with E-state index in [1.165, 1.54) is 4.90 Å². The molecular formula is C17H24N2O4S. The highest BCUT2D eigenvalue weighted by Gasteiger charge is 2.34. The number of carbonyl (C=O) groups is 2. The third-order valence-corrected chi connectivity index (χ3v) is 6.04. The highest BCUT2D eigenvalue weighted by Crippen LogP contribution is 2.19. The Morgan fingerprint density at radius 1 is 1.29 bits per heavy atom. The Bertz CT molecular complexity index is 743. The third kappa shape index (κ3) is 4.56. The number of carbonyl (C=O) groups excluding carboxylic acids is 2. The van der Waals surface area contributed by atoms with Crippen LogP contribution in [0.1, 0.15) is 30.9 Å². The molecule has 0 bridgehead atoms. The summed E-state index contributed by atoms with van der Waals surface area (Å²) in [7, 11) is -3.07. The van der Waals surface area contributed by atoms with E-state index in [-0.39, 0.29) is 35.8 Å². The lowest BCUT2D eigenvalue weighted by atomic mass is 10.1. The summed E-state index contributed by atoms with van der Waals surface area (Å²) in [5.41, 5.74) is 2.64. The Labute approximate surface area is 143 Å². The van der Waals surface area contributed by atoms with Crippen LogP contribution in [0.2, 0.25) is 0 Å². The monoisotopic (exact) mass is 352 g/mol. The molecule has 0 aromatic heterocycles. The van der Waals surface area contributed by atoms with Crippen molar-refractivity contribution >= 4 is 27.3 Å². The fraction of sp³-hybridized carbons (Fsp3) is 0.529. The first-order valence-electron chi connectivity index (χ1n) is 8.09. The molecule has 1 atom stereocenters. The van der Waals surface area contributed by atoms with Crippen molar-refractivity contribution in [3.63, 3.8) is 0 Å². The van der Waals surface area contributed by atoms with Crippen molar-refractivity contribution < 1.29 is 18.0 Å². The van der Waals surface area contributed by atoms with E-state index in [4.69, 9.17) is 0 Å². The molecule has 1 aromatic rings. The van der Waals surface area contributed by atoms with Gasteiger partial charge in [0.15, 0.2) is 9.84 Å². The molecule has 1 saturated heterocycles. The second-order valence-electron chi connectivity index (χ2n) is 6.28. The zero-order valence-corrected chi connectivity index (χ0v) is 15.1. The number of sulfone groups is 1. The minimum Gasteiger partial charge on any atom is -0.338 e. The van der Waals surface area contributed by atoms with Crippen LogP contribution in [0.3, 0.4) is 0 Å². The molecular weight excluding hydrogens is 328 g/mol. The summed E-state index contributed by atoms with van der Waals surface area (Å²) in [6.07, 6.45) is 0.165. The summed E-state index contributed by atoms with van der Waals surface area (Å²) in [6.45, 7) is 6.01. The van der Waals surface area contributed by atoms with Crippen molar-refractivity contribution in [3.8, 4) is 0 Å². The number of hydrogen-bond donors (Lipinski definition) is 1. The van der Waals surface area contributed by atoms with E-state index in [1.54, 1.807) is 6.92 Å². The van der Waals surface area contributed by atoms with Gasteiger partial charge in [-0.2, -0.15) is 0 Å². The van der Waals surface area contributed by atoms with E-state index in [0.717, 1.165) is 11.1 Å². The molecule has 132 valence electrons. The molecule has 1 aliphatic heterocycles. The number of nitrogens with one attached hydrogen (secondary N) is 1. The predicted octanol–water partition coefficient (Wildman–Crippen LogP) is 1.67. The van der Waals surface area contributed by atoms with E-state index in [0.29, 0.717) is 18.7 Å². The molecule has 1 unspecified atom stereocenters. The maximum Gasteiger partial charge on any atom is 0.233 e. The van der Waals surface area contributed by atoms with Crippen molar-refractivity contribution in [2.24, 2.45) is 0 Å². The zero-order valence-electron chi connectivity index (χ0n) is 14.3. The lowest BCUT2D eigenvalue weighted by Crippen LogP contribution is -2.42. The number of hydrogen-bond acceptors (Lipinski definition) is 4. The smallest absolute Gasteiger partial charge is 0.233 e. The molecule has 2 amide bonds. The Morgan fingerprint density at radius 3 is 2.58 bits per heavy atom. The van der Waals surface area contributed by atoms with Crippen LogP contribution in [0.15, 0.2) is 18.2 Å². The second-order valence-corrected chi connectivity index (χ2v) is 8.51. The van der Waals surface area contributed by atoms with E-state index in [9.17, 15) is 18.0 Å². The molecule has 0 spiro atoms. The normalized spacial score (nSPS) is 19.0. The SMILES string of the molecule is CCN(C(=O)CC(=O)Nc1cc(C)ccc1C)C1CCS(=O)(=O)C1. The fourth-order valence-corrected chi connectivity index (χ4v) is 4.69. The van der Waals surface area contributed by atoms with Crippen molar-refractivity contribution in [2.75, 3.05) is 23.4 Å². The van der Waals surface area contributed by atoms with Gasteiger partial charge in [0.2, 0.25) is 11.8 Å². The van der Waals surface area contributed by atoms with Gasteiger partial charge < -0.3 is 10.2 Å². The zero-order chi connectivity index (χ0) is 17.9. The molecule has 2 rings (SSSR count). The number of rotatable bonds is 5. The van der Waals surface area contributed by atoms with Gasteiger partial charge in [-0.15, -0.1) is 0 Å². The number of amides is 2. The highest BCUT2D eigenvalue weighted by atomic mass is 32.2. The first-order chi connectivity index (χ1) is 11.2. The fourth-order valence-electron chi connectivity index (χ4n) is 2.96. The molecule has 7 heteroatoms. The molecule has 24 heavy (non-hydrogen) atoms. The standard InChI is InChI=1S/C17H24N2O4S/c1-4-19(14-7-8-24(22,23)11-14)17(21)10-16(20)18-15-9-12(2)5-6-13(15)3/h5-6,9,14H,4,7-8,10-11H2,1-3H3,(H,18,20). The molecule has 1 aromatic carbocycles. The maximum atomic E-state index is 12.4. The van der Waals surface area contributed by atoms with E-state index < -0.39 is 9.84 Å². The molecule has 0 aliphatic carbocycles. The molecule has 1 N–H and O–H groups in total. The van der Waals surface area contributed by atoms with Gasteiger partial charge in [0, 0.05) is 18.3 Å². The van der Waals surface area contributed by atoms with Crippen LogP contribution in [0.5, 0.6) is 0 Å². The van der Waals surface area contributed by atoms with Crippen LogP contribution in [-0.4, -0.2) is 49.2 Å². The van der Waals surface area contributed by atoms with E-state index in [1.807, 2.05) is 32.0 Å². The lowest BCUT2D eigenvalue weighted by Gasteiger charge is -2.26. The number of nitrogens with zero attached hydrogens (tertiary/aromatic N) is 1. The summed E-state index contributed by atoms with van der Waals surface area (Å²) in [4.78, 5) is 26.1. The third-order valence-electron chi connectivity index (χ3n) is 4.29. The Balaban J connectivity index is 1.99. The van der Waals surface area contributed by atoms with Crippen molar-refractivity contribution in [1.29, 1.82) is 0 Å². The first-order valence-corrected chi connectivity index (χ1v) is 9.91. The Morgan fingerprint density at radius 2 is 2.00 bits per heavy atom. The van der Waals surface area contributed by atoms with Gasteiger partial charge in [-0.3, -0.25) is 9.59 Å². The first kappa shape index (κ1) is 18.4. The van der Waals surface area contributed by atoms with Gasteiger partial charge >= 0.3 is 0 Å². The van der Waals surface area contributed by atoms with Gasteiger partial charge in [-0.05, 0) is 44.4 Å². The van der Waals surface area contributed by atoms with E-state index >= 15 is 0 Å². The summed E-state index contributed by atoms with van der Waals surface area (Å²) >= 11 is 0. The largest absolute Gasteiger partial charge is 0.338 e. The van der Waals surface area contributed by atoms with Gasteiger partial charge in [-0.1, -0.05) is 12.1 Å². The van der Waals surface area contributed by atoms with Gasteiger partial charge in [0.05, 0.1) is 11.5 Å². The quantitative estimate of drug-likeness (QED) is 0.817. The second kappa shape index (κ2) is 7.34. The topological polar surface area (TPSA) is 83.6 Å². The highest BCUT2D eigenvalue weighted by molar-refractivity contribution is 7.91. The average molecular weight is 352 g/mol. The van der Waals surface area contributed by atoms with Crippen LogP contribution in [-0.2, 0) is 19.4 Å². The molecule has 0 radical (unpaired) electrons. The Kier molecular flexibility index (Phi) is 5.64. The van der Waals surface area contributed by atoms with Crippen LogP contribution >= 0.6 is 0 Å². The minimum atomic E-state index is -3.07. The summed E-state index contributed by atoms with van der Waals surface area (Å²) < 4.78 is 23.2. The molecule has 1 aliphatic rings. The van der Waals surface area contributed by atoms with Crippen LogP contribution < -0.4 is 5.32 Å². The van der Waals surface area contributed by atoms with Crippen LogP contribution in [0.4, 0.5) is 5.69 Å². The predicted molar refractivity (Wildman–Crippen MR) is 93.6 cm³/mol. The summed E-state index contributed by atoms with van der Waals surface area (Å²) in [5, 5.41) is 2.76. The number of benzene rings is 1. The minimum absolute atomic E-state index is 0.00874. The summed E-state index contributed by atoms with van der Waals surface area (Å²) in [5.74, 6) is -0.614. The summed E-state index contributed by atoms with van der Waals surface area (Å²) in [6, 6.07) is 5.41. The van der Waals surface area contributed by atoms with Crippen LogP contribution in [0.25, 0.3) is 0 Å². The molecule has 1 heterocycles. The van der Waals surface area contributed by atoms with E-state index in [2.05, 4.69) is 5.32 Å². The van der Waals surface area contributed by atoms with Gasteiger partial charge in [0.25, 0.3) is 0 Å². The lowest BCUT2D eigenvalue weighted by molar-refractivity contribution is -0.135. The number of anilines is 1. The molecule has 1 fully saturated rings. The Hall–Kier alpha value is -1.89. The molecule has 0 saturated carbocycles. The number of aryl methyl sites for hydroxylation is 2. The van der Waals surface area contributed by atoms with Gasteiger partial charge in [-0.25, -0.2) is 8.42 Å². The van der Waals surface area contributed by atoms with Gasteiger partial charge in [0.1, 0.15) is 6.42 Å². The average Bonchev–Trinajstić information content (AvgIpc) is 2.83.